The first-order valence-corrected chi connectivity index (χ1v) is 6.29. The van der Waals surface area contributed by atoms with Gasteiger partial charge in [-0.05, 0) is 35.6 Å². The van der Waals surface area contributed by atoms with Crippen LogP contribution in [0.4, 0.5) is 5.69 Å². The molecule has 0 aromatic heterocycles. The molecule has 0 spiro atoms. The van der Waals surface area contributed by atoms with Crippen LogP contribution in [0.1, 0.15) is 23.1 Å². The summed E-state index contributed by atoms with van der Waals surface area (Å²) in [6.07, 6.45) is 4.03. The lowest BCUT2D eigenvalue weighted by Crippen LogP contribution is -2.02. The van der Waals surface area contributed by atoms with Gasteiger partial charge in [0.2, 0.25) is 0 Å². The third-order valence-electron chi connectivity index (χ3n) is 3.46. The van der Waals surface area contributed by atoms with Gasteiger partial charge in [-0.2, -0.15) is 0 Å². The lowest BCUT2D eigenvalue weighted by molar-refractivity contribution is -0.385. The molecule has 3 heteroatoms. The Morgan fingerprint density at radius 3 is 2.42 bits per heavy atom. The number of allylic oxidation sites excluding steroid dienone is 1. The van der Waals surface area contributed by atoms with Crippen molar-refractivity contribution in [2.75, 3.05) is 0 Å². The Balaban J connectivity index is 2.18. The average molecular weight is 251 g/mol. The highest BCUT2D eigenvalue weighted by Crippen LogP contribution is 2.35. The van der Waals surface area contributed by atoms with Crippen molar-refractivity contribution in [2.24, 2.45) is 0 Å². The molecule has 3 nitrogen and oxygen atoms in total. The molecule has 3 rings (SSSR count). The van der Waals surface area contributed by atoms with Gasteiger partial charge in [0.15, 0.2) is 0 Å². The monoisotopic (exact) mass is 251 g/mol. The minimum atomic E-state index is -0.312. The lowest BCUT2D eigenvalue weighted by Gasteiger charge is -2.17. The highest BCUT2D eigenvalue weighted by atomic mass is 16.6. The van der Waals surface area contributed by atoms with E-state index >= 15 is 0 Å². The van der Waals surface area contributed by atoms with Gasteiger partial charge in [0, 0.05) is 6.07 Å². The van der Waals surface area contributed by atoms with Gasteiger partial charge in [-0.3, -0.25) is 10.1 Å². The molecule has 19 heavy (non-hydrogen) atoms. The van der Waals surface area contributed by atoms with Gasteiger partial charge in [-0.1, -0.05) is 42.5 Å². The van der Waals surface area contributed by atoms with Crippen molar-refractivity contribution >= 4 is 11.3 Å². The number of fused-ring (bicyclic) bond motifs is 1. The molecular formula is C16H13NO2. The number of para-hydroxylation sites is 1. The van der Waals surface area contributed by atoms with E-state index in [-0.39, 0.29) is 10.6 Å². The van der Waals surface area contributed by atoms with Crippen molar-refractivity contribution in [1.82, 2.24) is 0 Å². The number of nitro groups is 1. The molecule has 0 aliphatic heterocycles. The summed E-state index contributed by atoms with van der Waals surface area (Å²) >= 11 is 0. The zero-order valence-corrected chi connectivity index (χ0v) is 10.4. The zero-order valence-electron chi connectivity index (χ0n) is 10.4. The second-order valence-corrected chi connectivity index (χ2v) is 4.59. The van der Waals surface area contributed by atoms with Crippen LogP contribution >= 0.6 is 0 Å². The molecule has 0 radical (unpaired) electrons. The van der Waals surface area contributed by atoms with Crippen LogP contribution in [0.3, 0.4) is 0 Å². The second kappa shape index (κ2) is 4.69. The van der Waals surface area contributed by atoms with Crippen LogP contribution < -0.4 is 0 Å². The van der Waals surface area contributed by atoms with E-state index in [1.807, 2.05) is 30.3 Å². The van der Waals surface area contributed by atoms with Gasteiger partial charge in [0.25, 0.3) is 5.69 Å². The molecule has 1 aliphatic rings. The van der Waals surface area contributed by atoms with Crippen molar-refractivity contribution < 1.29 is 4.92 Å². The predicted octanol–water partition coefficient (Wildman–Crippen LogP) is 3.97. The highest BCUT2D eigenvalue weighted by molar-refractivity contribution is 5.86. The molecule has 0 N–H and O–H groups in total. The van der Waals surface area contributed by atoms with E-state index in [0.29, 0.717) is 5.56 Å². The first-order valence-electron chi connectivity index (χ1n) is 6.29. The minimum Gasteiger partial charge on any atom is -0.258 e. The summed E-state index contributed by atoms with van der Waals surface area (Å²) in [6.45, 7) is 0. The van der Waals surface area contributed by atoms with Crippen LogP contribution in [0.25, 0.3) is 5.57 Å². The maximum absolute atomic E-state index is 11.2. The van der Waals surface area contributed by atoms with E-state index in [1.165, 1.54) is 5.56 Å². The highest BCUT2D eigenvalue weighted by Gasteiger charge is 2.20. The summed E-state index contributed by atoms with van der Waals surface area (Å²) in [6, 6.07) is 15.1. The molecule has 0 amide bonds. The molecule has 0 unspecified atom stereocenters. The topological polar surface area (TPSA) is 43.1 Å². The van der Waals surface area contributed by atoms with Crippen LogP contribution in [-0.2, 0) is 6.42 Å². The zero-order chi connectivity index (χ0) is 13.2. The third kappa shape index (κ3) is 2.03. The second-order valence-electron chi connectivity index (χ2n) is 4.59. The van der Waals surface area contributed by atoms with E-state index in [4.69, 9.17) is 0 Å². The summed E-state index contributed by atoms with van der Waals surface area (Å²) in [5, 5.41) is 11.2. The summed E-state index contributed by atoms with van der Waals surface area (Å²) in [5.74, 6) is 0. The van der Waals surface area contributed by atoms with Gasteiger partial charge >= 0.3 is 0 Å². The Morgan fingerprint density at radius 1 is 0.947 bits per heavy atom. The van der Waals surface area contributed by atoms with E-state index in [9.17, 15) is 10.1 Å². The van der Waals surface area contributed by atoms with Crippen LogP contribution in [0.15, 0.2) is 54.6 Å². The fourth-order valence-corrected chi connectivity index (χ4v) is 2.60. The fraction of sp³-hybridized carbons (Fsp3) is 0.125. The SMILES string of the molecule is O=[N+]([O-])c1ccccc1C1=CCCc2ccccc21. The molecule has 0 fully saturated rings. The number of rotatable bonds is 2. The molecule has 2 aromatic rings. The summed E-state index contributed by atoms with van der Waals surface area (Å²) in [7, 11) is 0. The number of aryl methyl sites for hydroxylation is 1. The molecule has 0 saturated carbocycles. The van der Waals surface area contributed by atoms with Crippen LogP contribution in [0.2, 0.25) is 0 Å². The first-order chi connectivity index (χ1) is 9.27. The van der Waals surface area contributed by atoms with Crippen LogP contribution in [-0.4, -0.2) is 4.92 Å². The Labute approximate surface area is 111 Å². The summed E-state index contributed by atoms with van der Waals surface area (Å²) < 4.78 is 0. The van der Waals surface area contributed by atoms with Crippen LogP contribution in [0.5, 0.6) is 0 Å². The van der Waals surface area contributed by atoms with Gasteiger partial charge in [0.05, 0.1) is 10.5 Å². The van der Waals surface area contributed by atoms with Gasteiger partial charge < -0.3 is 0 Å². The smallest absolute Gasteiger partial charge is 0.258 e. The Kier molecular flexibility index (Phi) is 2.88. The standard InChI is InChI=1S/C16H13NO2/c18-17(19)16-11-4-3-9-15(16)14-10-5-7-12-6-1-2-8-13(12)14/h1-4,6,8-11H,5,7H2. The van der Waals surface area contributed by atoms with Crippen molar-refractivity contribution in [3.8, 4) is 0 Å². The molecule has 0 bridgehead atoms. The molecule has 0 saturated heterocycles. The first kappa shape index (κ1) is 11.7. The molecule has 94 valence electrons. The van der Waals surface area contributed by atoms with Gasteiger partial charge in [-0.15, -0.1) is 0 Å². The molecular weight excluding hydrogens is 238 g/mol. The average Bonchev–Trinajstić information content (AvgIpc) is 2.46. The molecule has 0 heterocycles. The number of nitro benzene ring substituents is 1. The maximum atomic E-state index is 11.2. The number of hydrogen-bond acceptors (Lipinski definition) is 2. The van der Waals surface area contributed by atoms with Crippen molar-refractivity contribution in [2.45, 2.75) is 12.8 Å². The summed E-state index contributed by atoms with van der Waals surface area (Å²) in [4.78, 5) is 10.8. The van der Waals surface area contributed by atoms with E-state index < -0.39 is 0 Å². The molecule has 0 atom stereocenters. The number of hydrogen-bond donors (Lipinski definition) is 0. The largest absolute Gasteiger partial charge is 0.277 e. The van der Waals surface area contributed by atoms with Gasteiger partial charge in [0.1, 0.15) is 0 Å². The normalized spacial score (nSPS) is 13.6. The number of benzene rings is 2. The predicted molar refractivity (Wildman–Crippen MR) is 74.9 cm³/mol. The van der Waals surface area contributed by atoms with Crippen molar-refractivity contribution in [1.29, 1.82) is 0 Å². The lowest BCUT2D eigenvalue weighted by atomic mass is 9.86. The summed E-state index contributed by atoms with van der Waals surface area (Å²) in [5.41, 5.74) is 4.24. The fourth-order valence-electron chi connectivity index (χ4n) is 2.60. The van der Waals surface area contributed by atoms with E-state index in [1.54, 1.807) is 12.1 Å². The molecule has 2 aromatic carbocycles. The molecule has 1 aliphatic carbocycles. The van der Waals surface area contributed by atoms with Crippen molar-refractivity contribution in [3.63, 3.8) is 0 Å². The van der Waals surface area contributed by atoms with Crippen LogP contribution in [0, 0.1) is 10.1 Å². The van der Waals surface area contributed by atoms with Gasteiger partial charge in [-0.25, -0.2) is 0 Å². The maximum Gasteiger partial charge on any atom is 0.277 e. The van der Waals surface area contributed by atoms with E-state index in [0.717, 1.165) is 24.0 Å². The van der Waals surface area contributed by atoms with Crippen molar-refractivity contribution in [3.05, 3.63) is 81.4 Å². The third-order valence-corrected chi connectivity index (χ3v) is 3.46. The minimum absolute atomic E-state index is 0.172. The van der Waals surface area contributed by atoms with E-state index in [2.05, 4.69) is 12.1 Å². The Hall–Kier alpha value is -2.42. The quantitative estimate of drug-likeness (QED) is 0.598. The Morgan fingerprint density at radius 2 is 1.63 bits per heavy atom. The number of nitrogens with zero attached hydrogens (tertiary/aromatic N) is 1. The Bertz CT molecular complexity index is 674.